The van der Waals surface area contributed by atoms with Crippen LogP contribution in [-0.2, 0) is 9.59 Å². The number of nitrogens with zero attached hydrogens (tertiary/aromatic N) is 6. The first-order valence-corrected chi connectivity index (χ1v) is 16.3. The molecule has 6 rings (SSSR count). The van der Waals surface area contributed by atoms with E-state index in [1.165, 1.54) is 11.8 Å². The molecule has 3 aromatic heterocycles. The summed E-state index contributed by atoms with van der Waals surface area (Å²) < 4.78 is 28.4. The van der Waals surface area contributed by atoms with Gasteiger partial charge in [0.15, 0.2) is 11.0 Å². The van der Waals surface area contributed by atoms with Crippen molar-refractivity contribution in [2.45, 2.75) is 42.2 Å². The average molecular weight is 673 g/mol. The minimum Gasteiger partial charge on any atom is -0.355 e. The van der Waals surface area contributed by atoms with Gasteiger partial charge in [-0.3, -0.25) is 24.0 Å². The van der Waals surface area contributed by atoms with E-state index in [-0.39, 0.29) is 37.1 Å². The van der Waals surface area contributed by atoms with Crippen molar-refractivity contribution in [3.05, 3.63) is 53.3 Å². The maximum Gasteiger partial charge on any atom is 0.250 e. The van der Waals surface area contributed by atoms with E-state index in [2.05, 4.69) is 36.1 Å². The molecule has 2 saturated heterocycles. The van der Waals surface area contributed by atoms with E-state index in [4.69, 9.17) is 11.6 Å². The van der Waals surface area contributed by atoms with Crippen LogP contribution in [0.5, 0.6) is 0 Å². The number of fused-ring (bicyclic) bond motifs is 1. The van der Waals surface area contributed by atoms with E-state index in [9.17, 15) is 18.4 Å². The van der Waals surface area contributed by atoms with Crippen LogP contribution >= 0.6 is 23.4 Å². The number of piperidine rings is 1. The number of hydrogen-bond acceptors (Lipinski definition) is 9. The lowest BCUT2D eigenvalue weighted by atomic mass is 10.1. The van der Waals surface area contributed by atoms with Crippen LogP contribution in [0.25, 0.3) is 5.65 Å². The molecule has 1 aromatic carbocycles. The number of H-pyrrole nitrogens is 1. The van der Waals surface area contributed by atoms with Gasteiger partial charge < -0.3 is 20.9 Å². The highest BCUT2D eigenvalue weighted by Gasteiger charge is 2.34. The Labute approximate surface area is 273 Å². The van der Waals surface area contributed by atoms with Crippen molar-refractivity contribution >= 4 is 58.3 Å². The SMILES string of the molecule is Cc1cc(Nc2nc(Sc3ccc(NC(=O)CN4CCC(C(=O)NCCN5CCC(F)(F)CC5)C4)cc3)nc3ccc(Cl)n23)n[nH]1. The molecule has 2 amide bonds. The van der Waals surface area contributed by atoms with Crippen LogP contribution < -0.4 is 16.0 Å². The highest BCUT2D eigenvalue weighted by atomic mass is 35.5. The van der Waals surface area contributed by atoms with Crippen LogP contribution in [0.1, 0.15) is 25.0 Å². The van der Waals surface area contributed by atoms with Crippen LogP contribution in [0, 0.1) is 12.8 Å². The van der Waals surface area contributed by atoms with E-state index < -0.39 is 5.92 Å². The van der Waals surface area contributed by atoms with Crippen molar-refractivity contribution in [3.8, 4) is 0 Å². The van der Waals surface area contributed by atoms with Crippen LogP contribution in [-0.4, -0.2) is 97.9 Å². The second-order valence-electron chi connectivity index (χ2n) is 11.6. The minimum atomic E-state index is -2.57. The Morgan fingerprint density at radius 3 is 2.61 bits per heavy atom. The van der Waals surface area contributed by atoms with E-state index >= 15 is 0 Å². The van der Waals surface area contributed by atoms with Gasteiger partial charge in [0.25, 0.3) is 5.92 Å². The highest BCUT2D eigenvalue weighted by molar-refractivity contribution is 7.99. The summed E-state index contributed by atoms with van der Waals surface area (Å²) in [7, 11) is 0. The molecule has 12 nitrogen and oxygen atoms in total. The third kappa shape index (κ3) is 8.13. The van der Waals surface area contributed by atoms with Gasteiger partial charge in [-0.25, -0.2) is 13.8 Å². The number of alkyl halides is 2. The fourth-order valence-corrected chi connectivity index (χ4v) is 6.56. The number of nitrogens with one attached hydrogen (secondary N) is 4. The Bertz CT molecular complexity index is 1690. The minimum absolute atomic E-state index is 0.0549. The number of aromatic amines is 1. The predicted octanol–water partition coefficient (Wildman–Crippen LogP) is 4.42. The average Bonchev–Trinajstić information content (AvgIpc) is 3.75. The number of aromatic nitrogens is 5. The lowest BCUT2D eigenvalue weighted by Gasteiger charge is -2.31. The van der Waals surface area contributed by atoms with Gasteiger partial charge in [-0.05, 0) is 68.0 Å². The standard InChI is InChI=1S/C30H35ClF2N10O2S/c1-19-16-24(40-39-19)36-28-38-29(37-25-7-6-23(31)43(25)28)46-22-4-2-21(3-5-22)35-26(44)18-42-12-8-20(17-42)27(45)34-11-15-41-13-9-30(32,33)10-14-41/h2-7,16,20H,8-15,17-18H2,1H3,(H,34,45)(H,35,44)(H2,36,37,38,39,40). The molecule has 46 heavy (non-hydrogen) atoms. The molecule has 0 spiro atoms. The second kappa shape index (κ2) is 13.9. The Kier molecular flexibility index (Phi) is 9.73. The number of rotatable bonds is 11. The summed E-state index contributed by atoms with van der Waals surface area (Å²) in [5, 5.41) is 17.1. The summed E-state index contributed by atoms with van der Waals surface area (Å²) >= 11 is 7.75. The van der Waals surface area contributed by atoms with Gasteiger partial charge in [0.05, 0.1) is 12.5 Å². The molecule has 0 radical (unpaired) electrons. The van der Waals surface area contributed by atoms with E-state index in [1.807, 2.05) is 53.1 Å². The number of carbonyl (C=O) groups is 2. The van der Waals surface area contributed by atoms with Gasteiger partial charge in [0.2, 0.25) is 17.8 Å². The van der Waals surface area contributed by atoms with Gasteiger partial charge in [-0.15, -0.1) is 0 Å². The molecule has 0 saturated carbocycles. The molecular formula is C30H35ClF2N10O2S. The monoisotopic (exact) mass is 672 g/mol. The normalized spacial score (nSPS) is 18.6. The second-order valence-corrected chi connectivity index (χ2v) is 13.1. The zero-order valence-corrected chi connectivity index (χ0v) is 26.8. The van der Waals surface area contributed by atoms with Gasteiger partial charge in [-0.1, -0.05) is 11.6 Å². The first kappa shape index (κ1) is 32.2. The smallest absolute Gasteiger partial charge is 0.250 e. The molecule has 0 bridgehead atoms. The number of halogens is 3. The molecule has 16 heteroatoms. The molecule has 2 aliphatic rings. The lowest BCUT2D eigenvalue weighted by molar-refractivity contribution is -0.125. The Morgan fingerprint density at radius 2 is 1.87 bits per heavy atom. The summed E-state index contributed by atoms with van der Waals surface area (Å²) in [6, 6.07) is 12.8. The van der Waals surface area contributed by atoms with Gasteiger partial charge in [-0.2, -0.15) is 10.1 Å². The van der Waals surface area contributed by atoms with Crippen LogP contribution in [0.2, 0.25) is 5.15 Å². The van der Waals surface area contributed by atoms with Gasteiger partial charge in [0.1, 0.15) is 10.8 Å². The zero-order valence-electron chi connectivity index (χ0n) is 25.2. The Hall–Kier alpha value is -3.79. The van der Waals surface area contributed by atoms with Crippen molar-refractivity contribution in [3.63, 3.8) is 0 Å². The zero-order chi connectivity index (χ0) is 32.3. The molecule has 5 heterocycles. The molecule has 4 N–H and O–H groups in total. The number of aryl methyl sites for hydroxylation is 1. The molecule has 4 aromatic rings. The van der Waals surface area contributed by atoms with E-state index in [0.717, 1.165) is 10.6 Å². The summed E-state index contributed by atoms with van der Waals surface area (Å²) in [6.07, 6.45) is 0.405. The quantitative estimate of drug-likeness (QED) is 0.183. The van der Waals surface area contributed by atoms with Crippen molar-refractivity contribution in [1.82, 2.24) is 39.7 Å². The summed E-state index contributed by atoms with van der Waals surface area (Å²) in [5.74, 6) is -1.90. The predicted molar refractivity (Wildman–Crippen MR) is 172 cm³/mol. The summed E-state index contributed by atoms with van der Waals surface area (Å²) in [6.45, 7) is 4.92. The van der Waals surface area contributed by atoms with Crippen molar-refractivity contribution in [1.29, 1.82) is 0 Å². The summed E-state index contributed by atoms with van der Waals surface area (Å²) in [5.41, 5.74) is 2.19. The van der Waals surface area contributed by atoms with Gasteiger partial charge >= 0.3 is 0 Å². The van der Waals surface area contributed by atoms with Crippen molar-refractivity contribution in [2.24, 2.45) is 5.92 Å². The molecule has 1 unspecified atom stereocenters. The number of likely N-dealkylation sites (tertiary alicyclic amines) is 2. The first-order chi connectivity index (χ1) is 22.1. The summed E-state index contributed by atoms with van der Waals surface area (Å²) in [4.78, 5) is 39.5. The van der Waals surface area contributed by atoms with Crippen molar-refractivity contribution in [2.75, 3.05) is 56.4 Å². The third-order valence-corrected chi connectivity index (χ3v) is 9.22. The van der Waals surface area contributed by atoms with Crippen LogP contribution in [0.4, 0.5) is 26.2 Å². The Balaban J connectivity index is 0.964. The molecule has 244 valence electrons. The number of anilines is 3. The fourth-order valence-electron chi connectivity index (χ4n) is 5.58. The van der Waals surface area contributed by atoms with E-state index in [1.54, 1.807) is 10.5 Å². The molecule has 2 fully saturated rings. The van der Waals surface area contributed by atoms with Crippen LogP contribution in [0.3, 0.4) is 0 Å². The lowest BCUT2D eigenvalue weighted by Crippen LogP contribution is -2.44. The molecule has 0 aliphatic carbocycles. The van der Waals surface area contributed by atoms with Crippen LogP contribution in [0.15, 0.2) is 52.5 Å². The molecule has 1 atom stereocenters. The topological polar surface area (TPSA) is 136 Å². The maximum absolute atomic E-state index is 13.3. The van der Waals surface area contributed by atoms with Gasteiger partial charge in [0, 0.05) is 67.9 Å². The largest absolute Gasteiger partial charge is 0.355 e. The number of benzene rings is 1. The number of amides is 2. The Morgan fingerprint density at radius 1 is 1.09 bits per heavy atom. The third-order valence-electron chi connectivity index (χ3n) is 8.05. The maximum atomic E-state index is 13.3. The van der Waals surface area contributed by atoms with E-state index in [0.29, 0.717) is 79.1 Å². The molecular weight excluding hydrogens is 638 g/mol. The first-order valence-electron chi connectivity index (χ1n) is 15.1. The van der Waals surface area contributed by atoms with Crippen molar-refractivity contribution < 1.29 is 18.4 Å². The number of hydrogen-bond donors (Lipinski definition) is 4. The number of carbonyl (C=O) groups excluding carboxylic acids is 2. The fraction of sp³-hybridized carbons (Fsp3) is 0.433. The highest BCUT2D eigenvalue weighted by Crippen LogP contribution is 2.30. The molecule has 2 aliphatic heterocycles.